The zero-order chi connectivity index (χ0) is 24.9. The highest BCUT2D eigenvalue weighted by molar-refractivity contribution is 6.05. The van der Waals surface area contributed by atoms with Crippen LogP contribution >= 0.6 is 0 Å². The Bertz CT molecular complexity index is 1170. The molecule has 1 atom stereocenters. The van der Waals surface area contributed by atoms with E-state index in [1.807, 2.05) is 76.2 Å². The summed E-state index contributed by atoms with van der Waals surface area (Å²) in [7, 11) is 1.41. The first-order chi connectivity index (χ1) is 16.1. The van der Waals surface area contributed by atoms with Crippen molar-refractivity contribution >= 4 is 34.2 Å². The molecular weight excluding hydrogens is 428 g/mol. The van der Waals surface area contributed by atoms with Gasteiger partial charge in [-0.1, -0.05) is 48.5 Å². The lowest BCUT2D eigenvalue weighted by Crippen LogP contribution is -2.35. The van der Waals surface area contributed by atoms with Crippen molar-refractivity contribution in [3.05, 3.63) is 71.8 Å². The summed E-state index contributed by atoms with van der Waals surface area (Å²) in [5.74, 6) is -0.255. The maximum Gasteiger partial charge on any atom is 0.412 e. The Hall–Kier alpha value is -3.54. The monoisotopic (exact) mass is 462 g/mol. The molecule has 0 aliphatic carbocycles. The van der Waals surface area contributed by atoms with Gasteiger partial charge in [-0.3, -0.25) is 10.1 Å². The van der Waals surface area contributed by atoms with Crippen LogP contribution in [-0.4, -0.2) is 30.8 Å². The number of rotatable bonds is 7. The molecule has 1 amide bonds. The predicted octanol–water partition coefficient (Wildman–Crippen LogP) is 6.45. The predicted molar refractivity (Wildman–Crippen MR) is 137 cm³/mol. The number of ether oxygens (including phenoxy) is 2. The first kappa shape index (κ1) is 25.1. The van der Waals surface area contributed by atoms with Crippen LogP contribution in [0.25, 0.3) is 10.8 Å². The number of anilines is 2. The normalized spacial score (nSPS) is 12.2. The van der Waals surface area contributed by atoms with Gasteiger partial charge in [0.15, 0.2) is 0 Å². The Labute approximate surface area is 201 Å². The highest BCUT2D eigenvalue weighted by Gasteiger charge is 2.23. The summed E-state index contributed by atoms with van der Waals surface area (Å²) in [4.78, 5) is 26.8. The molecule has 6 heteroatoms. The molecule has 0 unspecified atom stereocenters. The number of methoxy groups -OCH3 is 1. The average molecular weight is 463 g/mol. The number of esters is 1. The summed E-state index contributed by atoms with van der Waals surface area (Å²) in [5.41, 5.74) is 3.42. The van der Waals surface area contributed by atoms with Gasteiger partial charge in [-0.25, -0.2) is 4.79 Å². The van der Waals surface area contributed by atoms with Gasteiger partial charge < -0.3 is 14.4 Å². The van der Waals surface area contributed by atoms with E-state index in [2.05, 4.69) is 29.3 Å². The number of hydrogen-bond donors (Lipinski definition) is 1. The van der Waals surface area contributed by atoms with Crippen LogP contribution < -0.4 is 10.2 Å². The van der Waals surface area contributed by atoms with E-state index in [9.17, 15) is 9.59 Å². The van der Waals surface area contributed by atoms with Crippen LogP contribution in [0.3, 0.4) is 0 Å². The van der Waals surface area contributed by atoms with Crippen molar-refractivity contribution in [2.75, 3.05) is 17.3 Å². The molecule has 0 saturated heterocycles. The molecule has 3 aromatic carbocycles. The van der Waals surface area contributed by atoms with Crippen LogP contribution in [0.2, 0.25) is 0 Å². The van der Waals surface area contributed by atoms with Gasteiger partial charge in [0.05, 0.1) is 19.2 Å². The standard InChI is InChI=1S/C28H34N2O4/c1-19-11-7-8-12-21(19)18-30(20(2)17-26(31)33-6)25-16-15-24(22-13-9-10-14-23(22)25)29-27(32)34-28(3,4)5/h7-16,20H,17-18H2,1-6H3,(H,29,32)/t20-/m0/s1. The topological polar surface area (TPSA) is 67.9 Å². The molecule has 0 saturated carbocycles. The molecule has 180 valence electrons. The smallest absolute Gasteiger partial charge is 0.412 e. The van der Waals surface area contributed by atoms with Gasteiger partial charge in [-0.05, 0) is 57.9 Å². The summed E-state index contributed by atoms with van der Waals surface area (Å²) in [6.07, 6.45) is -0.240. The third kappa shape index (κ3) is 6.28. The molecule has 0 aliphatic heterocycles. The number of fused-ring (bicyclic) bond motifs is 1. The van der Waals surface area contributed by atoms with Crippen molar-refractivity contribution in [1.29, 1.82) is 0 Å². The summed E-state index contributed by atoms with van der Waals surface area (Å²) in [6, 6.07) is 19.9. The zero-order valence-electron chi connectivity index (χ0n) is 20.8. The molecule has 3 aromatic rings. The largest absolute Gasteiger partial charge is 0.469 e. The molecule has 34 heavy (non-hydrogen) atoms. The van der Waals surface area contributed by atoms with Gasteiger partial charge in [0.1, 0.15) is 5.60 Å². The fourth-order valence-electron chi connectivity index (χ4n) is 3.94. The van der Waals surface area contributed by atoms with Crippen LogP contribution in [0.4, 0.5) is 16.2 Å². The Morgan fingerprint density at radius 1 is 0.971 bits per heavy atom. The number of benzene rings is 3. The number of carbonyl (C=O) groups excluding carboxylic acids is 2. The Kier molecular flexibility index (Phi) is 7.82. The molecule has 0 spiro atoms. The number of amides is 1. The number of hydrogen-bond acceptors (Lipinski definition) is 5. The second kappa shape index (κ2) is 10.6. The Morgan fingerprint density at radius 2 is 1.62 bits per heavy atom. The van der Waals surface area contributed by atoms with E-state index in [1.54, 1.807) is 0 Å². The molecule has 0 radical (unpaired) electrons. The van der Waals surface area contributed by atoms with Crippen molar-refractivity contribution in [2.45, 2.75) is 59.2 Å². The lowest BCUT2D eigenvalue weighted by molar-refractivity contribution is -0.140. The fourth-order valence-corrected chi connectivity index (χ4v) is 3.94. The van der Waals surface area contributed by atoms with Crippen molar-refractivity contribution in [3.63, 3.8) is 0 Å². The second-order valence-electron chi connectivity index (χ2n) is 9.49. The lowest BCUT2D eigenvalue weighted by atomic mass is 10.0. The van der Waals surface area contributed by atoms with Crippen molar-refractivity contribution < 1.29 is 19.1 Å². The molecule has 0 aromatic heterocycles. The van der Waals surface area contributed by atoms with Gasteiger partial charge in [0.2, 0.25) is 0 Å². The van der Waals surface area contributed by atoms with E-state index < -0.39 is 11.7 Å². The Balaban J connectivity index is 2.05. The van der Waals surface area contributed by atoms with Crippen molar-refractivity contribution in [3.8, 4) is 0 Å². The van der Waals surface area contributed by atoms with E-state index in [0.717, 1.165) is 16.5 Å². The van der Waals surface area contributed by atoms with Crippen molar-refractivity contribution in [2.24, 2.45) is 0 Å². The summed E-state index contributed by atoms with van der Waals surface area (Å²) >= 11 is 0. The maximum absolute atomic E-state index is 12.4. The summed E-state index contributed by atoms with van der Waals surface area (Å²) in [6.45, 7) is 10.2. The molecule has 1 N–H and O–H groups in total. The van der Waals surface area contributed by atoms with Gasteiger partial charge in [0, 0.05) is 29.0 Å². The molecule has 3 rings (SSSR count). The van der Waals surface area contributed by atoms with Crippen molar-refractivity contribution in [1.82, 2.24) is 0 Å². The molecule has 0 bridgehead atoms. The molecule has 0 heterocycles. The number of nitrogens with zero attached hydrogens (tertiary/aromatic N) is 1. The fraction of sp³-hybridized carbons (Fsp3) is 0.357. The van der Waals surface area contributed by atoms with Gasteiger partial charge in [-0.15, -0.1) is 0 Å². The van der Waals surface area contributed by atoms with Crippen LogP contribution in [0.5, 0.6) is 0 Å². The number of carbonyl (C=O) groups is 2. The molecule has 0 aliphatic rings. The third-order valence-corrected chi connectivity index (χ3v) is 5.67. The minimum absolute atomic E-state index is 0.111. The highest BCUT2D eigenvalue weighted by atomic mass is 16.6. The van der Waals surface area contributed by atoms with E-state index >= 15 is 0 Å². The average Bonchev–Trinajstić information content (AvgIpc) is 2.77. The van der Waals surface area contributed by atoms with Gasteiger partial charge >= 0.3 is 12.1 Å². The maximum atomic E-state index is 12.4. The van der Waals surface area contributed by atoms with E-state index in [1.165, 1.54) is 18.2 Å². The van der Waals surface area contributed by atoms with E-state index in [0.29, 0.717) is 12.2 Å². The van der Waals surface area contributed by atoms with E-state index in [-0.39, 0.29) is 18.4 Å². The molecular formula is C28H34N2O4. The minimum atomic E-state index is -0.590. The van der Waals surface area contributed by atoms with Crippen LogP contribution in [-0.2, 0) is 20.8 Å². The highest BCUT2D eigenvalue weighted by Crippen LogP contribution is 2.35. The van der Waals surface area contributed by atoms with Gasteiger partial charge in [-0.2, -0.15) is 0 Å². The summed E-state index contributed by atoms with van der Waals surface area (Å²) in [5, 5.41) is 4.75. The minimum Gasteiger partial charge on any atom is -0.469 e. The first-order valence-corrected chi connectivity index (χ1v) is 11.5. The zero-order valence-corrected chi connectivity index (χ0v) is 20.8. The Morgan fingerprint density at radius 3 is 2.26 bits per heavy atom. The summed E-state index contributed by atoms with van der Waals surface area (Å²) < 4.78 is 10.4. The third-order valence-electron chi connectivity index (χ3n) is 5.67. The van der Waals surface area contributed by atoms with Crippen LogP contribution in [0.15, 0.2) is 60.7 Å². The lowest BCUT2D eigenvalue weighted by Gasteiger charge is -2.33. The van der Waals surface area contributed by atoms with Gasteiger partial charge in [0.25, 0.3) is 0 Å². The molecule has 6 nitrogen and oxygen atoms in total. The van der Waals surface area contributed by atoms with Crippen LogP contribution in [0.1, 0.15) is 45.2 Å². The number of nitrogens with one attached hydrogen (secondary N) is 1. The first-order valence-electron chi connectivity index (χ1n) is 11.5. The second-order valence-corrected chi connectivity index (χ2v) is 9.49. The SMILES string of the molecule is COC(=O)C[C@H](C)N(Cc1ccccc1C)c1ccc(NC(=O)OC(C)(C)C)c2ccccc12. The van der Waals surface area contributed by atoms with E-state index in [4.69, 9.17) is 9.47 Å². The quantitative estimate of drug-likeness (QED) is 0.409. The number of aryl methyl sites for hydroxylation is 1. The van der Waals surface area contributed by atoms with Crippen LogP contribution in [0, 0.1) is 6.92 Å². The molecule has 0 fully saturated rings.